The van der Waals surface area contributed by atoms with E-state index in [1.807, 2.05) is 4.57 Å². The third-order valence-electron chi connectivity index (χ3n) is 6.64. The van der Waals surface area contributed by atoms with E-state index in [9.17, 15) is 4.79 Å². The van der Waals surface area contributed by atoms with Crippen LogP contribution in [0.5, 0.6) is 5.88 Å². The quantitative estimate of drug-likeness (QED) is 0.121. The van der Waals surface area contributed by atoms with E-state index in [2.05, 4.69) is 15.0 Å². The van der Waals surface area contributed by atoms with Crippen molar-refractivity contribution in [3.63, 3.8) is 0 Å². The van der Waals surface area contributed by atoms with E-state index in [0.717, 1.165) is 17.7 Å². The van der Waals surface area contributed by atoms with Gasteiger partial charge >= 0.3 is 5.97 Å². The van der Waals surface area contributed by atoms with Crippen molar-refractivity contribution >= 4 is 28.6 Å². The molecule has 0 fully saturated rings. The summed E-state index contributed by atoms with van der Waals surface area (Å²) in [5, 5.41) is 0.370. The molecule has 44 heavy (non-hydrogen) atoms. The summed E-state index contributed by atoms with van der Waals surface area (Å²) in [5.41, 5.74) is 2.10. The van der Waals surface area contributed by atoms with Gasteiger partial charge in [-0.3, -0.25) is 0 Å². The molecule has 0 aliphatic carbocycles. The van der Waals surface area contributed by atoms with E-state index in [1.54, 1.807) is 82.6 Å². The van der Waals surface area contributed by atoms with Gasteiger partial charge in [0.05, 0.1) is 28.9 Å². The molecular formula is C33H31ClF2N4O4. The number of pyridine rings is 2. The molecule has 0 saturated heterocycles. The van der Waals surface area contributed by atoms with Crippen molar-refractivity contribution in [3.05, 3.63) is 106 Å². The van der Waals surface area contributed by atoms with Crippen LogP contribution in [-0.2, 0) is 29.0 Å². The van der Waals surface area contributed by atoms with Crippen LogP contribution in [0.3, 0.4) is 0 Å². The number of rotatable bonds is 10. The first kappa shape index (κ1) is 31.0. The Morgan fingerprint density at radius 2 is 1.82 bits per heavy atom. The Kier molecular flexibility index (Phi) is 9.22. The van der Waals surface area contributed by atoms with Gasteiger partial charge < -0.3 is 18.8 Å². The van der Waals surface area contributed by atoms with Crippen LogP contribution >= 0.6 is 11.6 Å². The van der Waals surface area contributed by atoms with Gasteiger partial charge in [-0.25, -0.2) is 28.5 Å². The summed E-state index contributed by atoms with van der Waals surface area (Å²) >= 11 is 5.83. The van der Waals surface area contributed by atoms with Crippen LogP contribution in [0.1, 0.15) is 48.1 Å². The lowest BCUT2D eigenvalue weighted by molar-refractivity contribution is 0.00696. The lowest BCUT2D eigenvalue weighted by Crippen LogP contribution is -2.23. The summed E-state index contributed by atoms with van der Waals surface area (Å²) in [6.45, 7) is 6.31. The first-order valence-electron chi connectivity index (χ1n) is 13.9. The number of carbonyl (C=O) groups is 1. The van der Waals surface area contributed by atoms with Crippen molar-refractivity contribution in [2.45, 2.75) is 45.9 Å². The average Bonchev–Trinajstić information content (AvgIpc) is 3.32. The van der Waals surface area contributed by atoms with Gasteiger partial charge in [-0.1, -0.05) is 23.7 Å². The zero-order chi connectivity index (χ0) is 31.4. The van der Waals surface area contributed by atoms with Crippen LogP contribution in [-0.4, -0.2) is 44.8 Å². The fourth-order valence-electron chi connectivity index (χ4n) is 4.59. The Morgan fingerprint density at radius 1 is 1.00 bits per heavy atom. The Labute approximate surface area is 258 Å². The second kappa shape index (κ2) is 13.1. The number of fused-ring (bicyclic) bond motifs is 1. The highest BCUT2D eigenvalue weighted by Crippen LogP contribution is 2.28. The molecule has 5 aromatic rings. The lowest BCUT2D eigenvalue weighted by Gasteiger charge is -2.19. The van der Waals surface area contributed by atoms with Gasteiger partial charge in [-0.05, 0) is 68.8 Å². The van der Waals surface area contributed by atoms with Crippen LogP contribution in [0.15, 0.2) is 66.9 Å². The minimum absolute atomic E-state index is 0.000233. The zero-order valence-electron chi connectivity index (χ0n) is 24.7. The molecule has 8 nitrogen and oxygen atoms in total. The monoisotopic (exact) mass is 620 g/mol. The number of ether oxygens (including phenoxy) is 3. The molecule has 228 valence electrons. The van der Waals surface area contributed by atoms with Gasteiger partial charge in [0.15, 0.2) is 0 Å². The van der Waals surface area contributed by atoms with Crippen molar-refractivity contribution in [2.24, 2.45) is 0 Å². The van der Waals surface area contributed by atoms with E-state index < -0.39 is 23.2 Å². The number of halogens is 3. The molecule has 0 saturated carbocycles. The van der Waals surface area contributed by atoms with Crippen molar-refractivity contribution in [2.75, 3.05) is 13.7 Å². The maximum Gasteiger partial charge on any atom is 0.338 e. The zero-order valence-corrected chi connectivity index (χ0v) is 25.5. The number of imidazole rings is 1. The van der Waals surface area contributed by atoms with Crippen LogP contribution in [0, 0.1) is 11.6 Å². The molecule has 5 rings (SSSR count). The molecular weight excluding hydrogens is 590 g/mol. The number of benzene rings is 2. The fourth-order valence-corrected chi connectivity index (χ4v) is 4.70. The summed E-state index contributed by atoms with van der Waals surface area (Å²) in [6, 6.07) is 15.6. The molecule has 3 aromatic heterocycles. The second-order valence-corrected chi connectivity index (χ2v) is 11.5. The minimum atomic E-state index is -0.653. The number of esters is 1. The predicted octanol–water partition coefficient (Wildman–Crippen LogP) is 7.20. The Bertz CT molecular complexity index is 1800. The highest BCUT2D eigenvalue weighted by molar-refractivity contribution is 6.29. The summed E-state index contributed by atoms with van der Waals surface area (Å²) in [5.74, 6) is -0.968. The number of aromatic nitrogens is 4. The average molecular weight is 621 g/mol. The fraction of sp³-hybridized carbons (Fsp3) is 0.273. The summed E-state index contributed by atoms with van der Waals surface area (Å²) in [7, 11) is 1.57. The Hall–Kier alpha value is -4.41. The maximum atomic E-state index is 15.5. The molecule has 11 heteroatoms. The van der Waals surface area contributed by atoms with Crippen molar-refractivity contribution in [1.29, 1.82) is 0 Å². The van der Waals surface area contributed by atoms with Gasteiger partial charge in [-0.2, -0.15) is 0 Å². The van der Waals surface area contributed by atoms with Crippen molar-refractivity contribution in [1.82, 2.24) is 19.5 Å². The van der Waals surface area contributed by atoms with E-state index in [1.165, 1.54) is 0 Å². The topological polar surface area (TPSA) is 88.4 Å². The minimum Gasteiger partial charge on any atom is -0.473 e. The molecule has 0 radical (unpaired) electrons. The molecule has 0 spiro atoms. The highest BCUT2D eigenvalue weighted by Gasteiger charge is 2.21. The van der Waals surface area contributed by atoms with E-state index in [0.29, 0.717) is 40.7 Å². The van der Waals surface area contributed by atoms with E-state index in [-0.39, 0.29) is 35.7 Å². The number of hydrogen-bond donors (Lipinski definition) is 0. The predicted molar refractivity (Wildman–Crippen MR) is 163 cm³/mol. The third-order valence-corrected chi connectivity index (χ3v) is 6.86. The Balaban J connectivity index is 1.41. The van der Waals surface area contributed by atoms with Crippen LogP contribution < -0.4 is 4.74 Å². The van der Waals surface area contributed by atoms with Gasteiger partial charge in [-0.15, -0.1) is 0 Å². The van der Waals surface area contributed by atoms with Crippen molar-refractivity contribution in [3.8, 4) is 17.1 Å². The van der Waals surface area contributed by atoms with Crippen molar-refractivity contribution < 1.29 is 27.8 Å². The normalized spacial score (nSPS) is 11.6. The maximum absolute atomic E-state index is 15.5. The molecule has 0 amide bonds. The molecule has 2 aromatic carbocycles. The molecule has 0 N–H and O–H groups in total. The summed E-state index contributed by atoms with van der Waals surface area (Å²) < 4.78 is 49.3. The summed E-state index contributed by atoms with van der Waals surface area (Å²) in [4.78, 5) is 25.8. The molecule has 0 atom stereocenters. The number of nitrogens with zero attached hydrogens (tertiary/aromatic N) is 4. The molecule has 0 unspecified atom stereocenters. The number of carbonyl (C=O) groups excluding carboxylic acids is 1. The molecule has 3 heterocycles. The third kappa shape index (κ3) is 7.38. The van der Waals surface area contributed by atoms with Crippen LogP contribution in [0.2, 0.25) is 5.15 Å². The number of hydrogen-bond acceptors (Lipinski definition) is 7. The second-order valence-electron chi connectivity index (χ2n) is 11.1. The van der Waals surface area contributed by atoms with Gasteiger partial charge in [0.2, 0.25) is 5.88 Å². The van der Waals surface area contributed by atoms with Gasteiger partial charge in [0, 0.05) is 43.5 Å². The van der Waals surface area contributed by atoms with Crippen LogP contribution in [0.4, 0.5) is 8.78 Å². The van der Waals surface area contributed by atoms with Gasteiger partial charge in [0.1, 0.15) is 34.8 Å². The standard InChI is InChI=1S/C33H31ClF2N4O4/c1-33(2,3)44-32(41)21-9-10-27-28(15-21)40(12-13-42-4)30(38-27)16-22-14-25(36)23(17-24(22)35)26-6-5-7-31(39-26)43-19-20-8-11-29(34)37-18-20/h5-11,14-15,17-18H,12-13,16,19H2,1-4H3. The van der Waals surface area contributed by atoms with E-state index >= 15 is 8.78 Å². The van der Waals surface area contributed by atoms with E-state index in [4.69, 9.17) is 25.8 Å². The highest BCUT2D eigenvalue weighted by atomic mass is 35.5. The lowest BCUT2D eigenvalue weighted by atomic mass is 10.0. The first-order chi connectivity index (χ1) is 21.0. The SMILES string of the molecule is COCCn1c(Cc2cc(F)c(-c3cccc(OCc4ccc(Cl)nc4)n3)cc2F)nc2ccc(C(=O)OC(C)(C)C)cc21. The van der Waals surface area contributed by atoms with Crippen LogP contribution in [0.25, 0.3) is 22.3 Å². The largest absolute Gasteiger partial charge is 0.473 e. The molecule has 0 aliphatic rings. The smallest absolute Gasteiger partial charge is 0.338 e. The molecule has 0 aliphatic heterocycles. The number of methoxy groups -OCH3 is 1. The summed E-state index contributed by atoms with van der Waals surface area (Å²) in [6.07, 6.45) is 1.60. The Morgan fingerprint density at radius 3 is 2.55 bits per heavy atom. The molecule has 0 bridgehead atoms. The van der Waals surface area contributed by atoms with Gasteiger partial charge in [0.25, 0.3) is 0 Å². The first-order valence-corrected chi connectivity index (χ1v) is 14.3.